The number of nitrogens with zero attached hydrogens (tertiary/aromatic N) is 4. The van der Waals surface area contributed by atoms with Crippen LogP contribution in [0.4, 0.5) is 0 Å². The third-order valence-electron chi connectivity index (χ3n) is 5.25. The van der Waals surface area contributed by atoms with E-state index >= 15 is 0 Å². The molecule has 2 aliphatic rings. The van der Waals surface area contributed by atoms with Crippen LogP contribution in [0.15, 0.2) is 36.7 Å². The standard InChI is InChI=1S/C18H22N4O3/c23-17-3-1-2-15(17)16-12-25-11-10-21(16)18(24)13-4-6-14(7-5-13)22-9-8-19-20-22/h4-9,15-17,23H,1-3,10-12H2/t15-,16+,17+/m0/s1. The number of carbonyl (C=O) groups excluding carboxylic acids is 1. The fourth-order valence-electron chi connectivity index (χ4n) is 3.92. The number of hydrogen-bond donors (Lipinski definition) is 1. The second-order valence-corrected chi connectivity index (χ2v) is 6.70. The number of benzene rings is 1. The zero-order valence-electron chi connectivity index (χ0n) is 14.0. The summed E-state index contributed by atoms with van der Waals surface area (Å²) in [6, 6.07) is 7.31. The molecule has 0 bridgehead atoms. The summed E-state index contributed by atoms with van der Waals surface area (Å²) in [5.41, 5.74) is 1.50. The maximum absolute atomic E-state index is 13.0. The van der Waals surface area contributed by atoms with E-state index in [-0.39, 0.29) is 24.0 Å². The quantitative estimate of drug-likeness (QED) is 0.908. The van der Waals surface area contributed by atoms with E-state index in [4.69, 9.17) is 4.74 Å². The van der Waals surface area contributed by atoms with Crippen LogP contribution in [0.1, 0.15) is 29.6 Å². The van der Waals surface area contributed by atoms with E-state index in [1.807, 2.05) is 29.2 Å². The molecule has 1 saturated heterocycles. The minimum atomic E-state index is -0.336. The Bertz CT molecular complexity index is 716. The van der Waals surface area contributed by atoms with Gasteiger partial charge in [0.1, 0.15) is 0 Å². The van der Waals surface area contributed by atoms with E-state index in [1.54, 1.807) is 17.1 Å². The molecule has 1 aliphatic heterocycles. The van der Waals surface area contributed by atoms with Gasteiger partial charge in [-0.1, -0.05) is 11.6 Å². The van der Waals surface area contributed by atoms with Gasteiger partial charge in [-0.2, -0.15) is 0 Å². The molecule has 1 N–H and O–H groups in total. The number of ether oxygens (including phenoxy) is 1. The molecule has 7 nitrogen and oxygen atoms in total. The molecule has 0 spiro atoms. The van der Waals surface area contributed by atoms with E-state index in [2.05, 4.69) is 10.3 Å². The molecule has 2 heterocycles. The number of morpholine rings is 1. The lowest BCUT2D eigenvalue weighted by Gasteiger charge is -2.40. The number of aliphatic hydroxyl groups is 1. The van der Waals surface area contributed by atoms with Gasteiger partial charge in [0.15, 0.2) is 0 Å². The van der Waals surface area contributed by atoms with Crippen LogP contribution < -0.4 is 0 Å². The molecule has 25 heavy (non-hydrogen) atoms. The normalized spacial score (nSPS) is 26.8. The number of aromatic nitrogens is 3. The molecule has 2 fully saturated rings. The average Bonchev–Trinajstić information content (AvgIpc) is 3.33. The van der Waals surface area contributed by atoms with Crippen LogP contribution in [0.3, 0.4) is 0 Å². The number of aliphatic hydroxyl groups excluding tert-OH is 1. The third kappa shape index (κ3) is 3.17. The molecule has 4 rings (SSSR count). The van der Waals surface area contributed by atoms with Crippen molar-refractivity contribution in [2.75, 3.05) is 19.8 Å². The van der Waals surface area contributed by atoms with Crippen LogP contribution in [0.2, 0.25) is 0 Å². The van der Waals surface area contributed by atoms with Gasteiger partial charge in [-0.3, -0.25) is 4.79 Å². The van der Waals surface area contributed by atoms with Gasteiger partial charge < -0.3 is 14.7 Å². The van der Waals surface area contributed by atoms with E-state index < -0.39 is 0 Å². The fourth-order valence-corrected chi connectivity index (χ4v) is 3.92. The Morgan fingerprint density at radius 1 is 1.24 bits per heavy atom. The summed E-state index contributed by atoms with van der Waals surface area (Å²) in [4.78, 5) is 14.9. The predicted molar refractivity (Wildman–Crippen MR) is 90.4 cm³/mol. The first-order valence-electron chi connectivity index (χ1n) is 8.77. The second kappa shape index (κ2) is 6.93. The summed E-state index contributed by atoms with van der Waals surface area (Å²) in [6.45, 7) is 1.62. The van der Waals surface area contributed by atoms with Gasteiger partial charge in [-0.15, -0.1) is 5.10 Å². The number of amides is 1. The topological polar surface area (TPSA) is 80.5 Å². The van der Waals surface area contributed by atoms with Gasteiger partial charge in [0.2, 0.25) is 0 Å². The Balaban J connectivity index is 1.54. The van der Waals surface area contributed by atoms with Gasteiger partial charge in [0.05, 0.1) is 43.4 Å². The van der Waals surface area contributed by atoms with Gasteiger partial charge in [-0.25, -0.2) is 4.68 Å². The van der Waals surface area contributed by atoms with Crippen LogP contribution in [-0.4, -0.2) is 62.8 Å². The highest BCUT2D eigenvalue weighted by Gasteiger charge is 2.39. The molecule has 0 radical (unpaired) electrons. The van der Waals surface area contributed by atoms with Crippen molar-refractivity contribution in [3.8, 4) is 5.69 Å². The summed E-state index contributed by atoms with van der Waals surface area (Å²) in [5, 5.41) is 18.0. The average molecular weight is 342 g/mol. The van der Waals surface area contributed by atoms with E-state index in [0.717, 1.165) is 24.9 Å². The van der Waals surface area contributed by atoms with Gasteiger partial charge in [0, 0.05) is 18.0 Å². The van der Waals surface area contributed by atoms with Gasteiger partial charge in [-0.05, 0) is 37.1 Å². The van der Waals surface area contributed by atoms with Crippen LogP contribution in [-0.2, 0) is 4.74 Å². The molecule has 1 aromatic carbocycles. The number of carbonyl (C=O) groups is 1. The Morgan fingerprint density at radius 3 is 2.76 bits per heavy atom. The smallest absolute Gasteiger partial charge is 0.254 e. The van der Waals surface area contributed by atoms with Crippen LogP contribution >= 0.6 is 0 Å². The highest BCUT2D eigenvalue weighted by Crippen LogP contribution is 2.32. The monoisotopic (exact) mass is 342 g/mol. The fraction of sp³-hybridized carbons (Fsp3) is 0.500. The maximum Gasteiger partial charge on any atom is 0.254 e. The van der Waals surface area contributed by atoms with Gasteiger partial charge in [0.25, 0.3) is 5.91 Å². The molecular weight excluding hydrogens is 320 g/mol. The molecule has 1 aliphatic carbocycles. The van der Waals surface area contributed by atoms with Crippen molar-refractivity contribution in [2.45, 2.75) is 31.4 Å². The minimum Gasteiger partial charge on any atom is -0.393 e. The van der Waals surface area contributed by atoms with E-state index in [1.165, 1.54) is 0 Å². The first kappa shape index (κ1) is 16.2. The summed E-state index contributed by atoms with van der Waals surface area (Å²) >= 11 is 0. The molecule has 2 aromatic rings. The van der Waals surface area contributed by atoms with Crippen LogP contribution in [0, 0.1) is 5.92 Å². The number of hydrogen-bond acceptors (Lipinski definition) is 5. The lowest BCUT2D eigenvalue weighted by molar-refractivity contribution is -0.0383. The number of rotatable bonds is 3. The maximum atomic E-state index is 13.0. The Morgan fingerprint density at radius 2 is 2.08 bits per heavy atom. The summed E-state index contributed by atoms with van der Waals surface area (Å²) in [7, 11) is 0. The summed E-state index contributed by atoms with van der Waals surface area (Å²) < 4.78 is 7.26. The molecule has 132 valence electrons. The SMILES string of the molecule is O=C(c1ccc(-n2ccnn2)cc1)N1CCOC[C@@H]1[C@@H]1CCC[C@H]1O. The summed E-state index contributed by atoms with van der Waals surface area (Å²) in [6.07, 6.45) is 5.81. The van der Waals surface area contributed by atoms with Crippen molar-refractivity contribution in [3.63, 3.8) is 0 Å². The zero-order chi connectivity index (χ0) is 17.2. The lowest BCUT2D eigenvalue weighted by atomic mass is 9.93. The minimum absolute atomic E-state index is 0.00228. The first-order chi connectivity index (χ1) is 12.2. The van der Waals surface area contributed by atoms with Gasteiger partial charge >= 0.3 is 0 Å². The molecule has 3 atom stereocenters. The highest BCUT2D eigenvalue weighted by molar-refractivity contribution is 5.94. The Kier molecular flexibility index (Phi) is 4.50. The lowest BCUT2D eigenvalue weighted by Crippen LogP contribution is -2.53. The highest BCUT2D eigenvalue weighted by atomic mass is 16.5. The third-order valence-corrected chi connectivity index (χ3v) is 5.25. The second-order valence-electron chi connectivity index (χ2n) is 6.70. The molecular formula is C18H22N4O3. The molecule has 1 saturated carbocycles. The first-order valence-corrected chi connectivity index (χ1v) is 8.77. The van der Waals surface area contributed by atoms with Crippen molar-refractivity contribution in [2.24, 2.45) is 5.92 Å². The van der Waals surface area contributed by atoms with Crippen molar-refractivity contribution in [1.29, 1.82) is 0 Å². The summed E-state index contributed by atoms with van der Waals surface area (Å²) in [5.74, 6) is 0.108. The van der Waals surface area contributed by atoms with E-state index in [0.29, 0.717) is 25.3 Å². The molecule has 7 heteroatoms. The largest absolute Gasteiger partial charge is 0.393 e. The Hall–Kier alpha value is -2.25. The zero-order valence-corrected chi connectivity index (χ0v) is 14.0. The molecule has 1 aromatic heterocycles. The predicted octanol–water partition coefficient (Wildman–Crippen LogP) is 1.27. The Labute approximate surface area is 146 Å². The molecule has 1 amide bonds. The van der Waals surface area contributed by atoms with E-state index in [9.17, 15) is 9.90 Å². The van der Waals surface area contributed by atoms with Crippen molar-refractivity contribution in [1.82, 2.24) is 19.9 Å². The van der Waals surface area contributed by atoms with Crippen molar-refractivity contribution in [3.05, 3.63) is 42.2 Å². The van der Waals surface area contributed by atoms with Crippen LogP contribution in [0.25, 0.3) is 5.69 Å². The van der Waals surface area contributed by atoms with Crippen LogP contribution in [0.5, 0.6) is 0 Å². The van der Waals surface area contributed by atoms with Crippen molar-refractivity contribution >= 4 is 5.91 Å². The van der Waals surface area contributed by atoms with Crippen molar-refractivity contribution < 1.29 is 14.6 Å². The molecule has 0 unspecified atom stereocenters.